The minimum absolute atomic E-state index is 0.233. The van der Waals surface area contributed by atoms with Gasteiger partial charge in [0.15, 0.2) is 8.32 Å². The molecule has 0 amide bonds. The quantitative estimate of drug-likeness (QED) is 0.177. The smallest absolute Gasteiger partial charge is 0.330 e. The fourth-order valence-electron chi connectivity index (χ4n) is 4.39. The third-order valence-electron chi connectivity index (χ3n) is 5.80. The van der Waals surface area contributed by atoms with Crippen molar-refractivity contribution in [3.05, 3.63) is 12.2 Å². The summed E-state index contributed by atoms with van der Waals surface area (Å²) in [4.78, 5) is 11.3. The van der Waals surface area contributed by atoms with Gasteiger partial charge < -0.3 is 9.16 Å². The first-order valence-electron chi connectivity index (χ1n) is 11.0. The molecule has 0 rings (SSSR count). The summed E-state index contributed by atoms with van der Waals surface area (Å²) in [6.07, 6.45) is 8.07. The molecule has 0 radical (unpaired) electrons. The third kappa shape index (κ3) is 9.42. The Morgan fingerprint density at radius 2 is 1.41 bits per heavy atom. The zero-order chi connectivity index (χ0) is 21.0. The summed E-state index contributed by atoms with van der Waals surface area (Å²) in [5.74, 6) is 0.971. The zero-order valence-corrected chi connectivity index (χ0v) is 20.5. The van der Waals surface area contributed by atoms with Gasteiger partial charge in [0, 0.05) is 12.7 Å². The van der Waals surface area contributed by atoms with Gasteiger partial charge in [-0.1, -0.05) is 74.3 Å². The lowest BCUT2D eigenvalue weighted by Gasteiger charge is -2.42. The number of ether oxygens (including phenoxy) is 1. The van der Waals surface area contributed by atoms with Gasteiger partial charge in [-0.05, 0) is 48.2 Å². The van der Waals surface area contributed by atoms with Gasteiger partial charge >= 0.3 is 5.97 Å². The van der Waals surface area contributed by atoms with Gasteiger partial charge in [0.05, 0.1) is 6.61 Å². The highest BCUT2D eigenvalue weighted by molar-refractivity contribution is 6.77. The lowest BCUT2D eigenvalue weighted by Crippen LogP contribution is -2.48. The van der Waals surface area contributed by atoms with Crippen molar-refractivity contribution in [3.63, 3.8) is 0 Å². The summed E-state index contributed by atoms with van der Waals surface area (Å²) in [5, 5.41) is 0. The number of hydrogen-bond acceptors (Lipinski definition) is 3. The summed E-state index contributed by atoms with van der Waals surface area (Å²) in [7, 11) is -1.74. The van der Waals surface area contributed by atoms with E-state index in [0.29, 0.717) is 35.1 Å². The largest absolute Gasteiger partial charge is 0.463 e. The van der Waals surface area contributed by atoms with Crippen LogP contribution in [-0.4, -0.2) is 27.5 Å². The second kappa shape index (κ2) is 13.5. The van der Waals surface area contributed by atoms with Crippen LogP contribution in [-0.2, 0) is 14.0 Å². The summed E-state index contributed by atoms with van der Waals surface area (Å²) >= 11 is 0. The fraction of sp³-hybridized carbons (Fsp3) is 0.870. The highest BCUT2D eigenvalue weighted by Gasteiger charge is 2.45. The second-order valence-corrected chi connectivity index (χ2v) is 14.6. The molecule has 0 aromatic rings. The Hall–Kier alpha value is -0.613. The standard InChI is InChI=1S/C23H46O3Si/c1-10-25-23(24)16-12-14-21(8)13-11-15-22(9)17-26-27(18(2)3,19(4)5)20(6)7/h12,16,18-22H,10-11,13-15,17H2,1-9H3/b16-12+/t21-,22-/m0/s1. The van der Waals surface area contributed by atoms with Gasteiger partial charge in [-0.15, -0.1) is 0 Å². The van der Waals surface area contributed by atoms with Crippen molar-refractivity contribution in [2.24, 2.45) is 11.8 Å². The van der Waals surface area contributed by atoms with Gasteiger partial charge in [-0.2, -0.15) is 0 Å². The second-order valence-electron chi connectivity index (χ2n) is 9.16. The van der Waals surface area contributed by atoms with Gasteiger partial charge in [0.1, 0.15) is 0 Å². The average molecular weight is 399 g/mol. The van der Waals surface area contributed by atoms with Crippen LogP contribution >= 0.6 is 0 Å². The summed E-state index contributed by atoms with van der Waals surface area (Å²) in [6.45, 7) is 21.8. The van der Waals surface area contributed by atoms with Crippen LogP contribution in [0.2, 0.25) is 16.6 Å². The van der Waals surface area contributed by atoms with Crippen molar-refractivity contribution in [2.45, 2.75) is 105 Å². The van der Waals surface area contributed by atoms with E-state index < -0.39 is 8.32 Å². The predicted molar refractivity (Wildman–Crippen MR) is 120 cm³/mol. The molecule has 4 heteroatoms. The van der Waals surface area contributed by atoms with Crippen molar-refractivity contribution in [3.8, 4) is 0 Å². The van der Waals surface area contributed by atoms with Gasteiger partial charge in [0.25, 0.3) is 0 Å². The zero-order valence-electron chi connectivity index (χ0n) is 19.5. The van der Waals surface area contributed by atoms with Crippen molar-refractivity contribution in [1.29, 1.82) is 0 Å². The van der Waals surface area contributed by atoms with Crippen LogP contribution in [0.5, 0.6) is 0 Å². The maximum Gasteiger partial charge on any atom is 0.330 e. The monoisotopic (exact) mass is 398 g/mol. The Kier molecular flexibility index (Phi) is 13.2. The molecular formula is C23H46O3Si. The number of allylic oxidation sites excluding steroid dienone is 1. The first-order chi connectivity index (χ1) is 12.6. The summed E-state index contributed by atoms with van der Waals surface area (Å²) in [5.41, 5.74) is 1.95. The van der Waals surface area contributed by atoms with E-state index >= 15 is 0 Å². The molecule has 0 saturated heterocycles. The Balaban J connectivity index is 4.29. The van der Waals surface area contributed by atoms with Crippen LogP contribution in [0, 0.1) is 11.8 Å². The Morgan fingerprint density at radius 1 is 0.889 bits per heavy atom. The van der Waals surface area contributed by atoms with Crippen LogP contribution in [0.1, 0.15) is 88.0 Å². The molecule has 0 heterocycles. The molecule has 0 aromatic carbocycles. The van der Waals surface area contributed by atoms with E-state index in [2.05, 4.69) is 55.4 Å². The van der Waals surface area contributed by atoms with Crippen LogP contribution in [0.3, 0.4) is 0 Å². The molecule has 27 heavy (non-hydrogen) atoms. The van der Waals surface area contributed by atoms with Crippen molar-refractivity contribution in [1.82, 2.24) is 0 Å². The summed E-state index contributed by atoms with van der Waals surface area (Å²) < 4.78 is 11.6. The van der Waals surface area contributed by atoms with Gasteiger partial charge in [0.2, 0.25) is 0 Å². The number of carbonyl (C=O) groups excluding carboxylic acids is 1. The third-order valence-corrected chi connectivity index (χ3v) is 11.9. The van der Waals surface area contributed by atoms with E-state index in [0.717, 1.165) is 13.0 Å². The van der Waals surface area contributed by atoms with Crippen molar-refractivity contribution < 1.29 is 14.0 Å². The molecule has 0 unspecified atom stereocenters. The molecule has 0 aliphatic carbocycles. The molecule has 0 aliphatic heterocycles. The van der Waals surface area contributed by atoms with Gasteiger partial charge in [-0.25, -0.2) is 4.79 Å². The maximum absolute atomic E-state index is 11.3. The van der Waals surface area contributed by atoms with E-state index in [-0.39, 0.29) is 5.97 Å². The molecule has 0 aromatic heterocycles. The topological polar surface area (TPSA) is 35.5 Å². The van der Waals surface area contributed by atoms with Crippen LogP contribution in [0.4, 0.5) is 0 Å². The molecule has 3 nitrogen and oxygen atoms in total. The van der Waals surface area contributed by atoms with Crippen LogP contribution in [0.25, 0.3) is 0 Å². The highest BCUT2D eigenvalue weighted by atomic mass is 28.4. The minimum Gasteiger partial charge on any atom is -0.463 e. The Labute approximate surface area is 170 Å². The molecule has 0 aliphatic rings. The van der Waals surface area contributed by atoms with E-state index in [1.54, 1.807) is 6.08 Å². The van der Waals surface area contributed by atoms with E-state index in [4.69, 9.17) is 9.16 Å². The number of esters is 1. The first-order valence-corrected chi connectivity index (χ1v) is 13.2. The SMILES string of the molecule is CCOC(=O)/C=C/C[C@@H](C)CCC[C@H](C)CO[Si](C(C)C)(C(C)C)C(C)C. The van der Waals surface area contributed by atoms with Crippen LogP contribution < -0.4 is 0 Å². The van der Waals surface area contributed by atoms with E-state index in [9.17, 15) is 4.79 Å². The number of carbonyl (C=O) groups is 1. The number of hydrogen-bond donors (Lipinski definition) is 0. The highest BCUT2D eigenvalue weighted by Crippen LogP contribution is 2.42. The van der Waals surface area contributed by atoms with E-state index in [1.165, 1.54) is 19.3 Å². The number of rotatable bonds is 14. The predicted octanol–water partition coefficient (Wildman–Crippen LogP) is 7.13. The Bertz CT molecular complexity index is 408. The average Bonchev–Trinajstić information content (AvgIpc) is 2.54. The molecule has 2 atom stereocenters. The minimum atomic E-state index is -1.74. The molecular weight excluding hydrogens is 352 g/mol. The van der Waals surface area contributed by atoms with Crippen LogP contribution in [0.15, 0.2) is 12.2 Å². The molecule has 0 fully saturated rings. The lowest BCUT2D eigenvalue weighted by atomic mass is 9.97. The fourth-order valence-corrected chi connectivity index (χ4v) is 9.96. The van der Waals surface area contributed by atoms with Crippen molar-refractivity contribution >= 4 is 14.3 Å². The van der Waals surface area contributed by atoms with Gasteiger partial charge in [-0.3, -0.25) is 0 Å². The first kappa shape index (κ1) is 26.4. The maximum atomic E-state index is 11.3. The van der Waals surface area contributed by atoms with E-state index in [1.807, 2.05) is 13.0 Å². The van der Waals surface area contributed by atoms with Crippen molar-refractivity contribution in [2.75, 3.05) is 13.2 Å². The normalized spacial score (nSPS) is 15.1. The molecule has 0 N–H and O–H groups in total. The summed E-state index contributed by atoms with van der Waals surface area (Å²) in [6, 6.07) is 0. The molecule has 160 valence electrons. The Morgan fingerprint density at radius 3 is 1.89 bits per heavy atom. The molecule has 0 bridgehead atoms. The lowest BCUT2D eigenvalue weighted by molar-refractivity contribution is -0.137. The molecule has 0 saturated carbocycles. The molecule has 0 spiro atoms.